The number of alkyl halides is 3. The largest absolute Gasteiger partial charge is 0.573 e. The van der Waals surface area contributed by atoms with Gasteiger partial charge in [-0.3, -0.25) is 4.79 Å². The molecular weight excluding hydrogens is 355 g/mol. The summed E-state index contributed by atoms with van der Waals surface area (Å²) in [6.07, 6.45) is -4.37. The van der Waals surface area contributed by atoms with Crippen LogP contribution >= 0.6 is 0 Å². The smallest absolute Gasteiger partial charge is 0.405 e. The third-order valence-electron chi connectivity index (χ3n) is 4.98. The lowest BCUT2D eigenvalue weighted by atomic mass is 9.75. The van der Waals surface area contributed by atoms with Gasteiger partial charge in [-0.1, -0.05) is 38.1 Å². The predicted molar refractivity (Wildman–Crippen MR) is 99.0 cm³/mol. The lowest BCUT2D eigenvalue weighted by molar-refractivity contribution is -0.274. The predicted octanol–water partition coefficient (Wildman–Crippen LogP) is 5.59. The number of hydrogen-bond donors (Lipinski definition) is 0. The first-order valence-corrected chi connectivity index (χ1v) is 8.84. The molecular formula is C21H22F3NO2. The molecule has 3 nitrogen and oxygen atoms in total. The number of para-hydroxylation sites is 1. The van der Waals surface area contributed by atoms with Gasteiger partial charge in [-0.05, 0) is 42.7 Å². The number of aryl methyl sites for hydroxylation is 1. The quantitative estimate of drug-likeness (QED) is 0.697. The van der Waals surface area contributed by atoms with Crippen molar-refractivity contribution in [3.8, 4) is 16.9 Å². The Morgan fingerprint density at radius 3 is 2.44 bits per heavy atom. The molecule has 0 bridgehead atoms. The molecule has 1 aliphatic heterocycles. The molecule has 0 saturated carbocycles. The highest BCUT2D eigenvalue weighted by Crippen LogP contribution is 2.45. The molecule has 0 spiro atoms. The minimum absolute atomic E-state index is 0.0182. The second kappa shape index (κ2) is 6.59. The second-order valence-electron chi connectivity index (χ2n) is 7.43. The highest BCUT2D eigenvalue weighted by molar-refractivity contribution is 5.99. The van der Waals surface area contributed by atoms with E-state index in [1.807, 2.05) is 39.8 Å². The number of carbonyl (C=O) groups is 1. The van der Waals surface area contributed by atoms with Gasteiger partial charge in [0.1, 0.15) is 5.75 Å². The fraction of sp³-hybridized carbons (Fsp3) is 0.381. The van der Waals surface area contributed by atoms with Gasteiger partial charge in [0.05, 0.1) is 0 Å². The topological polar surface area (TPSA) is 29.5 Å². The van der Waals surface area contributed by atoms with E-state index in [-0.39, 0.29) is 17.1 Å². The normalized spacial score (nSPS) is 16.3. The number of halogens is 3. The SMILES string of the molecule is CCN1C(=O)CC(C)(C)c2cc(C)c(-c3ccccc3OC(F)(F)F)cc21. The first-order valence-electron chi connectivity index (χ1n) is 8.84. The van der Waals surface area contributed by atoms with Crippen molar-refractivity contribution in [1.29, 1.82) is 0 Å². The van der Waals surface area contributed by atoms with E-state index in [1.54, 1.807) is 17.0 Å². The van der Waals surface area contributed by atoms with Crippen LogP contribution in [-0.4, -0.2) is 18.8 Å². The van der Waals surface area contributed by atoms with Crippen molar-refractivity contribution in [3.05, 3.63) is 47.5 Å². The molecule has 0 atom stereocenters. The zero-order chi connectivity index (χ0) is 20.0. The fourth-order valence-corrected chi connectivity index (χ4v) is 3.70. The maximum Gasteiger partial charge on any atom is 0.573 e. The Kier molecular flexibility index (Phi) is 4.70. The van der Waals surface area contributed by atoms with Crippen LogP contribution in [0.1, 0.15) is 38.3 Å². The lowest BCUT2D eigenvalue weighted by Crippen LogP contribution is -2.41. The summed E-state index contributed by atoms with van der Waals surface area (Å²) >= 11 is 0. The van der Waals surface area contributed by atoms with Gasteiger partial charge in [-0.2, -0.15) is 0 Å². The number of carbonyl (C=O) groups excluding carboxylic acids is 1. The lowest BCUT2D eigenvalue weighted by Gasteiger charge is -2.39. The Morgan fingerprint density at radius 2 is 1.81 bits per heavy atom. The molecule has 1 amide bonds. The molecule has 0 N–H and O–H groups in total. The average molecular weight is 377 g/mol. The summed E-state index contributed by atoms with van der Waals surface area (Å²) in [5.41, 5.74) is 3.26. The Balaban J connectivity index is 2.21. The van der Waals surface area contributed by atoms with Crippen LogP contribution in [0.15, 0.2) is 36.4 Å². The molecule has 1 heterocycles. The second-order valence-corrected chi connectivity index (χ2v) is 7.43. The minimum Gasteiger partial charge on any atom is -0.405 e. The zero-order valence-electron chi connectivity index (χ0n) is 15.8. The molecule has 0 aliphatic carbocycles. The molecule has 0 fully saturated rings. The molecule has 27 heavy (non-hydrogen) atoms. The third kappa shape index (κ3) is 3.66. The van der Waals surface area contributed by atoms with Gasteiger partial charge in [0.2, 0.25) is 5.91 Å². The van der Waals surface area contributed by atoms with E-state index in [0.717, 1.165) is 16.8 Å². The zero-order valence-corrected chi connectivity index (χ0v) is 15.8. The van der Waals surface area contributed by atoms with Crippen LogP contribution in [0.2, 0.25) is 0 Å². The van der Waals surface area contributed by atoms with Gasteiger partial charge in [-0.15, -0.1) is 13.2 Å². The third-order valence-corrected chi connectivity index (χ3v) is 4.98. The first kappa shape index (κ1) is 19.3. The Bertz CT molecular complexity index is 887. The van der Waals surface area contributed by atoms with E-state index in [0.29, 0.717) is 24.1 Å². The number of rotatable bonds is 3. The average Bonchev–Trinajstić information content (AvgIpc) is 2.54. The van der Waals surface area contributed by atoms with Gasteiger partial charge in [0.15, 0.2) is 0 Å². The van der Waals surface area contributed by atoms with E-state index in [4.69, 9.17) is 0 Å². The van der Waals surface area contributed by atoms with Gasteiger partial charge >= 0.3 is 6.36 Å². The Morgan fingerprint density at radius 1 is 1.15 bits per heavy atom. The Hall–Kier alpha value is -2.50. The van der Waals surface area contributed by atoms with Crippen LogP contribution in [-0.2, 0) is 10.2 Å². The molecule has 3 rings (SSSR count). The van der Waals surface area contributed by atoms with E-state index in [1.165, 1.54) is 12.1 Å². The number of benzene rings is 2. The highest BCUT2D eigenvalue weighted by Gasteiger charge is 2.37. The minimum atomic E-state index is -4.77. The first-order chi connectivity index (χ1) is 12.5. The van der Waals surface area contributed by atoms with Crippen molar-refractivity contribution in [2.24, 2.45) is 0 Å². The monoisotopic (exact) mass is 377 g/mol. The van der Waals surface area contributed by atoms with Crippen molar-refractivity contribution in [1.82, 2.24) is 0 Å². The molecule has 0 radical (unpaired) electrons. The van der Waals surface area contributed by atoms with Crippen LogP contribution in [0.3, 0.4) is 0 Å². The summed E-state index contributed by atoms with van der Waals surface area (Å²) in [5.74, 6) is -0.234. The fourth-order valence-electron chi connectivity index (χ4n) is 3.70. The summed E-state index contributed by atoms with van der Waals surface area (Å²) in [6.45, 7) is 8.28. The number of anilines is 1. The van der Waals surface area contributed by atoms with Gasteiger partial charge < -0.3 is 9.64 Å². The number of fused-ring (bicyclic) bond motifs is 1. The molecule has 0 unspecified atom stereocenters. The van der Waals surface area contributed by atoms with Crippen molar-refractivity contribution in [2.45, 2.75) is 45.9 Å². The molecule has 2 aromatic rings. The number of hydrogen-bond acceptors (Lipinski definition) is 2. The van der Waals surface area contributed by atoms with Crippen molar-refractivity contribution in [3.63, 3.8) is 0 Å². The molecule has 0 aromatic heterocycles. The van der Waals surface area contributed by atoms with Gasteiger partial charge in [0.25, 0.3) is 0 Å². The molecule has 144 valence electrons. The number of ether oxygens (including phenoxy) is 1. The van der Waals surface area contributed by atoms with Gasteiger partial charge in [0, 0.05) is 29.6 Å². The van der Waals surface area contributed by atoms with E-state index < -0.39 is 6.36 Å². The van der Waals surface area contributed by atoms with Crippen LogP contribution in [0.4, 0.5) is 18.9 Å². The summed E-state index contributed by atoms with van der Waals surface area (Å²) in [6, 6.07) is 9.86. The van der Waals surface area contributed by atoms with Crippen molar-refractivity contribution >= 4 is 11.6 Å². The highest BCUT2D eigenvalue weighted by atomic mass is 19.4. The molecule has 0 saturated heterocycles. The summed E-state index contributed by atoms with van der Waals surface area (Å²) in [7, 11) is 0. The van der Waals surface area contributed by atoms with Crippen LogP contribution in [0, 0.1) is 6.92 Å². The molecule has 2 aromatic carbocycles. The number of amides is 1. The van der Waals surface area contributed by atoms with Crippen LogP contribution in [0.25, 0.3) is 11.1 Å². The summed E-state index contributed by atoms with van der Waals surface area (Å²) < 4.78 is 42.6. The summed E-state index contributed by atoms with van der Waals surface area (Å²) in [4.78, 5) is 14.2. The van der Waals surface area contributed by atoms with Crippen LogP contribution in [0.5, 0.6) is 5.75 Å². The van der Waals surface area contributed by atoms with Crippen molar-refractivity contribution < 1.29 is 22.7 Å². The molecule has 1 aliphatic rings. The standard InChI is InChI=1S/C21H22F3NO2/c1-5-25-17-11-15(13(2)10-16(17)20(3,4)12-19(25)26)14-8-6-7-9-18(14)27-21(22,23)24/h6-11H,5,12H2,1-4H3. The van der Waals surface area contributed by atoms with Gasteiger partial charge in [-0.25, -0.2) is 0 Å². The Labute approximate surface area is 156 Å². The number of nitrogens with zero attached hydrogens (tertiary/aromatic N) is 1. The van der Waals surface area contributed by atoms with E-state index >= 15 is 0 Å². The van der Waals surface area contributed by atoms with Crippen molar-refractivity contribution in [2.75, 3.05) is 11.4 Å². The summed E-state index contributed by atoms with van der Waals surface area (Å²) in [5, 5.41) is 0. The van der Waals surface area contributed by atoms with E-state index in [9.17, 15) is 18.0 Å². The maximum atomic E-state index is 12.8. The van der Waals surface area contributed by atoms with Crippen LogP contribution < -0.4 is 9.64 Å². The molecule has 6 heteroatoms. The maximum absolute atomic E-state index is 12.8. The van der Waals surface area contributed by atoms with E-state index in [2.05, 4.69) is 4.74 Å².